The molecule has 0 nitrogen and oxygen atoms in total. The molecule has 12 aromatic carbocycles. The number of rotatable bonds is 5. The molecule has 0 saturated heterocycles. The van der Waals surface area contributed by atoms with Gasteiger partial charge in [0.15, 0.2) is 0 Å². The Labute approximate surface area is 345 Å². The van der Waals surface area contributed by atoms with Gasteiger partial charge in [-0.05, 0) is 144 Å². The third-order valence-corrected chi connectivity index (χ3v) is 13.9. The van der Waals surface area contributed by atoms with Crippen molar-refractivity contribution in [3.05, 3.63) is 206 Å². The average Bonchev–Trinajstić information content (AvgIpc) is 3.74. The maximum atomic E-state index is 2.36. The molecule has 1 aromatic heterocycles. The SMILES string of the molecule is c1cc(-c2ccc(-c3cccc(-c4ccc5ccc6c(-c7cc8ccccc8s7)ccc7ccc4c5c76)c3)cc2)cc(-c2ccc3ccc4cccc5ccc2c3c45)c1. The fourth-order valence-electron chi connectivity index (χ4n) is 9.96. The van der Waals surface area contributed by atoms with Gasteiger partial charge in [0.25, 0.3) is 0 Å². The Morgan fingerprint density at radius 1 is 0.237 bits per heavy atom. The molecule has 0 radical (unpaired) electrons. The summed E-state index contributed by atoms with van der Waals surface area (Å²) in [5, 5.41) is 17.1. The van der Waals surface area contributed by atoms with Gasteiger partial charge in [-0.1, -0.05) is 182 Å². The van der Waals surface area contributed by atoms with E-state index in [0.29, 0.717) is 0 Å². The van der Waals surface area contributed by atoms with E-state index in [1.165, 1.54) is 130 Å². The lowest BCUT2D eigenvalue weighted by molar-refractivity contribution is 1.58. The molecule has 0 spiro atoms. The van der Waals surface area contributed by atoms with Crippen LogP contribution in [0.2, 0.25) is 0 Å². The second-order valence-electron chi connectivity index (χ2n) is 16.0. The summed E-state index contributed by atoms with van der Waals surface area (Å²) in [5.74, 6) is 0. The Hall–Kier alpha value is -7.32. The van der Waals surface area contributed by atoms with E-state index in [9.17, 15) is 0 Å². The van der Waals surface area contributed by atoms with Crippen molar-refractivity contribution in [1.29, 1.82) is 0 Å². The second-order valence-corrected chi connectivity index (χ2v) is 17.1. The van der Waals surface area contributed by atoms with Crippen LogP contribution >= 0.6 is 11.3 Å². The maximum absolute atomic E-state index is 2.36. The third-order valence-electron chi connectivity index (χ3n) is 12.8. The van der Waals surface area contributed by atoms with E-state index in [2.05, 4.69) is 206 Å². The lowest BCUT2D eigenvalue weighted by atomic mass is 9.87. The summed E-state index contributed by atoms with van der Waals surface area (Å²) < 4.78 is 1.33. The van der Waals surface area contributed by atoms with Crippen LogP contribution < -0.4 is 0 Å². The molecule has 1 heteroatoms. The Kier molecular flexibility index (Phi) is 6.98. The normalized spacial score (nSPS) is 12.1. The molecule has 13 rings (SSSR count). The molecule has 0 aliphatic heterocycles. The van der Waals surface area contributed by atoms with Gasteiger partial charge in [0.1, 0.15) is 0 Å². The molecule has 1 heterocycles. The van der Waals surface area contributed by atoms with Gasteiger partial charge >= 0.3 is 0 Å². The number of hydrogen-bond acceptors (Lipinski definition) is 1. The minimum atomic E-state index is 1.21. The fraction of sp³-hybridized carbons (Fsp3) is 0. The highest BCUT2D eigenvalue weighted by atomic mass is 32.1. The first kappa shape index (κ1) is 32.7. The van der Waals surface area contributed by atoms with E-state index in [1.54, 1.807) is 0 Å². The van der Waals surface area contributed by atoms with Crippen molar-refractivity contribution in [2.24, 2.45) is 0 Å². The summed E-state index contributed by atoms with van der Waals surface area (Å²) in [5.41, 5.74) is 11.2. The third kappa shape index (κ3) is 5.02. The fourth-order valence-corrected chi connectivity index (χ4v) is 11.1. The van der Waals surface area contributed by atoms with E-state index < -0.39 is 0 Å². The smallest absolute Gasteiger partial charge is 0.0361 e. The lowest BCUT2D eigenvalue weighted by Crippen LogP contribution is -1.89. The van der Waals surface area contributed by atoms with Crippen molar-refractivity contribution in [1.82, 2.24) is 0 Å². The Morgan fingerprint density at radius 2 is 0.644 bits per heavy atom. The first-order chi connectivity index (χ1) is 29.2. The van der Waals surface area contributed by atoms with Crippen molar-refractivity contribution >= 4 is 86.1 Å². The Balaban J connectivity index is 0.859. The van der Waals surface area contributed by atoms with Gasteiger partial charge in [-0.15, -0.1) is 11.3 Å². The molecule has 0 aliphatic carbocycles. The van der Waals surface area contributed by atoms with Crippen LogP contribution in [0, 0.1) is 0 Å². The van der Waals surface area contributed by atoms with E-state index >= 15 is 0 Å². The van der Waals surface area contributed by atoms with Crippen LogP contribution in [0.15, 0.2) is 206 Å². The molecule has 272 valence electrons. The first-order valence-corrected chi connectivity index (χ1v) is 21.2. The summed E-state index contributed by atoms with van der Waals surface area (Å²) in [6.07, 6.45) is 0. The van der Waals surface area contributed by atoms with E-state index in [1.807, 2.05) is 11.3 Å². The zero-order valence-electron chi connectivity index (χ0n) is 32.0. The van der Waals surface area contributed by atoms with Gasteiger partial charge in [-0.2, -0.15) is 0 Å². The van der Waals surface area contributed by atoms with E-state index in [4.69, 9.17) is 0 Å². The number of hydrogen-bond donors (Lipinski definition) is 0. The van der Waals surface area contributed by atoms with Crippen molar-refractivity contribution in [2.75, 3.05) is 0 Å². The van der Waals surface area contributed by atoms with Gasteiger partial charge in [0.05, 0.1) is 0 Å². The maximum Gasteiger partial charge on any atom is 0.0361 e. The average molecular weight is 763 g/mol. The number of thiophene rings is 1. The first-order valence-electron chi connectivity index (χ1n) is 20.4. The highest BCUT2D eigenvalue weighted by molar-refractivity contribution is 7.22. The summed E-state index contributed by atoms with van der Waals surface area (Å²) in [4.78, 5) is 1.32. The summed E-state index contributed by atoms with van der Waals surface area (Å²) >= 11 is 1.88. The summed E-state index contributed by atoms with van der Waals surface area (Å²) in [6.45, 7) is 0. The number of benzene rings is 12. The molecule has 0 aliphatic rings. The lowest BCUT2D eigenvalue weighted by Gasteiger charge is -2.16. The van der Waals surface area contributed by atoms with Crippen LogP contribution in [-0.2, 0) is 0 Å². The van der Waals surface area contributed by atoms with E-state index in [-0.39, 0.29) is 0 Å². The van der Waals surface area contributed by atoms with Gasteiger partial charge in [-0.25, -0.2) is 0 Å². The van der Waals surface area contributed by atoms with Gasteiger partial charge in [0.2, 0.25) is 0 Å². The van der Waals surface area contributed by atoms with Crippen LogP contribution in [0.5, 0.6) is 0 Å². The van der Waals surface area contributed by atoms with Crippen LogP contribution in [-0.4, -0.2) is 0 Å². The topological polar surface area (TPSA) is 0 Å². The summed E-state index contributed by atoms with van der Waals surface area (Å²) in [6, 6.07) is 77.0. The molecule has 0 bridgehead atoms. The van der Waals surface area contributed by atoms with Crippen LogP contribution in [0.25, 0.3) is 130 Å². The zero-order valence-corrected chi connectivity index (χ0v) is 32.9. The van der Waals surface area contributed by atoms with Crippen molar-refractivity contribution < 1.29 is 0 Å². The molecule has 0 unspecified atom stereocenters. The van der Waals surface area contributed by atoms with Crippen molar-refractivity contribution in [2.45, 2.75) is 0 Å². The quantitative estimate of drug-likeness (QED) is 0.153. The Morgan fingerprint density at radius 3 is 1.20 bits per heavy atom. The highest BCUT2D eigenvalue weighted by Gasteiger charge is 2.17. The monoisotopic (exact) mass is 762 g/mol. The highest BCUT2D eigenvalue weighted by Crippen LogP contribution is 2.45. The summed E-state index contributed by atoms with van der Waals surface area (Å²) in [7, 11) is 0. The molecule has 0 fully saturated rings. The molecular formula is C58H34S. The minimum absolute atomic E-state index is 1.21. The van der Waals surface area contributed by atoms with Crippen LogP contribution in [0.4, 0.5) is 0 Å². The Bertz CT molecular complexity index is 3720. The van der Waals surface area contributed by atoms with Gasteiger partial charge < -0.3 is 0 Å². The van der Waals surface area contributed by atoms with E-state index in [0.717, 1.165) is 0 Å². The zero-order chi connectivity index (χ0) is 38.6. The largest absolute Gasteiger partial charge is 0.135 e. The van der Waals surface area contributed by atoms with Gasteiger partial charge in [-0.3, -0.25) is 0 Å². The van der Waals surface area contributed by atoms with Crippen LogP contribution in [0.3, 0.4) is 0 Å². The minimum Gasteiger partial charge on any atom is -0.135 e. The molecule has 13 aromatic rings. The molecular weight excluding hydrogens is 729 g/mol. The molecule has 59 heavy (non-hydrogen) atoms. The standard InChI is InChI=1S/C58H34S/c1-2-13-53-46(6-1)34-54(59-53)49-28-22-41-24-30-51-48(27-21-40-25-31-52(49)58(41)57(40)51)45-12-5-10-43(33-45)36-16-14-35(15-17-36)42-9-4-11-44(32-42)47-26-20-39-19-18-37-7-3-8-38-23-29-50(47)56(39)55(37)38/h1-34H. The predicted molar refractivity (Wildman–Crippen MR) is 256 cm³/mol. The molecule has 0 atom stereocenters. The van der Waals surface area contributed by atoms with Crippen molar-refractivity contribution in [3.8, 4) is 54.9 Å². The molecule has 0 saturated carbocycles. The second kappa shape index (κ2) is 12.6. The van der Waals surface area contributed by atoms with Crippen LogP contribution in [0.1, 0.15) is 0 Å². The molecule has 0 amide bonds. The number of fused-ring (bicyclic) bond motifs is 1. The van der Waals surface area contributed by atoms with Crippen molar-refractivity contribution in [3.63, 3.8) is 0 Å². The van der Waals surface area contributed by atoms with Gasteiger partial charge in [0, 0.05) is 9.58 Å². The molecule has 0 N–H and O–H groups in total. The predicted octanol–water partition coefficient (Wildman–Crippen LogP) is 17.0.